The molecule has 0 bridgehead atoms. The zero-order chi connectivity index (χ0) is 19.9. The molecule has 0 saturated carbocycles. The van der Waals surface area contributed by atoms with Crippen molar-refractivity contribution in [2.75, 3.05) is 13.2 Å². The van der Waals surface area contributed by atoms with Gasteiger partial charge in [-0.3, -0.25) is 19.2 Å². The van der Waals surface area contributed by atoms with E-state index in [1.165, 1.54) is 27.7 Å². The van der Waals surface area contributed by atoms with Gasteiger partial charge < -0.3 is 29.0 Å². The number of carbonyl (C=O) groups is 4. The standard InChI is InChI=1S/C16H25NO9/c1-6-22-16-13(17-8(2)18)15(25-11(5)21)14(24-10(4)20)12(26-16)7-23-9(3)19/h12-16H,6-7H2,1-5H3,(H,17,18)/t12-,13-,14-,15-,16-/m1/s1. The Morgan fingerprint density at radius 2 is 1.50 bits per heavy atom. The average molecular weight is 375 g/mol. The van der Waals surface area contributed by atoms with Gasteiger partial charge in [0.25, 0.3) is 0 Å². The number of nitrogens with one attached hydrogen (secondary N) is 1. The second-order valence-electron chi connectivity index (χ2n) is 5.68. The number of ether oxygens (including phenoxy) is 5. The molecule has 0 aliphatic carbocycles. The molecule has 0 radical (unpaired) electrons. The SMILES string of the molecule is CCO[C@@H]1O[C@H](COC(C)=O)[C@@H](OC(C)=O)[C@H](OC(C)=O)[C@H]1NC(C)=O. The molecule has 0 unspecified atom stereocenters. The van der Waals surface area contributed by atoms with Crippen molar-refractivity contribution in [3.05, 3.63) is 0 Å². The van der Waals surface area contributed by atoms with Gasteiger partial charge in [-0.2, -0.15) is 0 Å². The Bertz CT molecular complexity index is 536. The van der Waals surface area contributed by atoms with E-state index in [0.29, 0.717) is 0 Å². The molecule has 148 valence electrons. The predicted molar refractivity (Wildman–Crippen MR) is 85.6 cm³/mol. The summed E-state index contributed by atoms with van der Waals surface area (Å²) < 4.78 is 26.7. The van der Waals surface area contributed by atoms with E-state index in [1.807, 2.05) is 0 Å². The molecule has 10 heteroatoms. The summed E-state index contributed by atoms with van der Waals surface area (Å²) in [6.45, 7) is 6.56. The second-order valence-corrected chi connectivity index (χ2v) is 5.68. The molecule has 1 heterocycles. The van der Waals surface area contributed by atoms with Crippen molar-refractivity contribution < 1.29 is 42.9 Å². The van der Waals surface area contributed by atoms with Crippen molar-refractivity contribution >= 4 is 23.8 Å². The molecule has 1 amide bonds. The zero-order valence-electron chi connectivity index (χ0n) is 15.5. The van der Waals surface area contributed by atoms with Crippen LogP contribution in [0.5, 0.6) is 0 Å². The van der Waals surface area contributed by atoms with Crippen molar-refractivity contribution in [3.63, 3.8) is 0 Å². The first kappa shape index (κ1) is 21.8. The van der Waals surface area contributed by atoms with Gasteiger partial charge in [0.2, 0.25) is 5.91 Å². The van der Waals surface area contributed by atoms with Crippen LogP contribution in [0.4, 0.5) is 0 Å². The van der Waals surface area contributed by atoms with Crippen LogP contribution in [0.25, 0.3) is 0 Å². The lowest BCUT2D eigenvalue weighted by Gasteiger charge is -2.44. The summed E-state index contributed by atoms with van der Waals surface area (Å²) in [5.74, 6) is -2.28. The van der Waals surface area contributed by atoms with Crippen LogP contribution in [-0.4, -0.2) is 67.7 Å². The summed E-state index contributed by atoms with van der Waals surface area (Å²) in [6, 6.07) is -0.922. The van der Waals surface area contributed by atoms with Crippen LogP contribution >= 0.6 is 0 Å². The van der Waals surface area contributed by atoms with Crippen LogP contribution in [-0.2, 0) is 42.9 Å². The van der Waals surface area contributed by atoms with Gasteiger partial charge in [0.05, 0.1) is 0 Å². The molecule has 0 aromatic carbocycles. The molecule has 5 atom stereocenters. The van der Waals surface area contributed by atoms with Crippen LogP contribution in [0.3, 0.4) is 0 Å². The second kappa shape index (κ2) is 10.1. The number of rotatable bonds is 7. The van der Waals surface area contributed by atoms with Gasteiger partial charge in [0.15, 0.2) is 18.5 Å². The van der Waals surface area contributed by atoms with Crippen LogP contribution < -0.4 is 5.32 Å². The Morgan fingerprint density at radius 3 is 1.96 bits per heavy atom. The van der Waals surface area contributed by atoms with E-state index in [1.54, 1.807) is 6.92 Å². The number of carbonyl (C=O) groups excluding carboxylic acids is 4. The van der Waals surface area contributed by atoms with E-state index in [4.69, 9.17) is 23.7 Å². The first-order chi connectivity index (χ1) is 12.1. The normalized spacial score (nSPS) is 28.0. The summed E-state index contributed by atoms with van der Waals surface area (Å²) >= 11 is 0. The Morgan fingerprint density at radius 1 is 0.923 bits per heavy atom. The van der Waals surface area contributed by atoms with Gasteiger partial charge >= 0.3 is 17.9 Å². The first-order valence-corrected chi connectivity index (χ1v) is 8.17. The summed E-state index contributed by atoms with van der Waals surface area (Å²) in [6.07, 6.45) is -4.15. The van der Waals surface area contributed by atoms with Crippen molar-refractivity contribution in [2.24, 2.45) is 0 Å². The van der Waals surface area contributed by atoms with Gasteiger partial charge in [-0.05, 0) is 6.92 Å². The molecule has 1 rings (SSSR count). The first-order valence-electron chi connectivity index (χ1n) is 8.17. The molecule has 0 spiro atoms. The minimum absolute atomic E-state index is 0.242. The lowest BCUT2D eigenvalue weighted by molar-refractivity contribution is -0.276. The molecular weight excluding hydrogens is 350 g/mol. The lowest BCUT2D eigenvalue weighted by atomic mass is 9.96. The molecular formula is C16H25NO9. The number of hydrogen-bond acceptors (Lipinski definition) is 9. The van der Waals surface area contributed by atoms with Crippen molar-refractivity contribution in [3.8, 4) is 0 Å². The topological polar surface area (TPSA) is 126 Å². The zero-order valence-corrected chi connectivity index (χ0v) is 15.5. The minimum atomic E-state index is -1.11. The van der Waals surface area contributed by atoms with E-state index in [0.717, 1.165) is 0 Å². The monoisotopic (exact) mass is 375 g/mol. The maximum Gasteiger partial charge on any atom is 0.303 e. The molecule has 1 saturated heterocycles. The van der Waals surface area contributed by atoms with E-state index in [-0.39, 0.29) is 13.2 Å². The highest BCUT2D eigenvalue weighted by atomic mass is 16.7. The highest BCUT2D eigenvalue weighted by molar-refractivity contribution is 5.73. The molecule has 10 nitrogen and oxygen atoms in total. The smallest absolute Gasteiger partial charge is 0.303 e. The highest BCUT2D eigenvalue weighted by Gasteiger charge is 2.51. The number of esters is 3. The van der Waals surface area contributed by atoms with E-state index >= 15 is 0 Å². The number of hydrogen-bond donors (Lipinski definition) is 1. The van der Waals surface area contributed by atoms with Gasteiger partial charge in [-0.15, -0.1) is 0 Å². The summed E-state index contributed by atoms with van der Waals surface area (Å²) in [5, 5.41) is 2.60. The van der Waals surface area contributed by atoms with Crippen molar-refractivity contribution in [2.45, 2.75) is 65.3 Å². The van der Waals surface area contributed by atoms with Gasteiger partial charge in [-0.25, -0.2) is 0 Å². The number of amides is 1. The van der Waals surface area contributed by atoms with Crippen LogP contribution in [0.15, 0.2) is 0 Å². The largest absolute Gasteiger partial charge is 0.463 e. The molecule has 1 aliphatic rings. The average Bonchev–Trinajstić information content (AvgIpc) is 2.50. The maximum absolute atomic E-state index is 11.6. The molecule has 1 fully saturated rings. The fourth-order valence-corrected chi connectivity index (χ4v) is 2.60. The minimum Gasteiger partial charge on any atom is -0.463 e. The third-order valence-electron chi connectivity index (χ3n) is 3.40. The molecule has 0 aromatic rings. The van der Waals surface area contributed by atoms with Crippen LogP contribution in [0, 0.1) is 0 Å². The Hall–Kier alpha value is -2.20. The summed E-state index contributed by atoms with van der Waals surface area (Å²) in [4.78, 5) is 45.8. The Balaban J connectivity index is 3.22. The third kappa shape index (κ3) is 6.60. The highest BCUT2D eigenvalue weighted by Crippen LogP contribution is 2.27. The van der Waals surface area contributed by atoms with Crippen molar-refractivity contribution in [1.82, 2.24) is 5.32 Å². The summed E-state index contributed by atoms with van der Waals surface area (Å²) in [7, 11) is 0. The molecule has 1 N–H and O–H groups in total. The fraction of sp³-hybridized carbons (Fsp3) is 0.750. The Kier molecular flexibility index (Phi) is 8.46. The predicted octanol–water partition coefficient (Wildman–Crippen LogP) is -0.321. The van der Waals surface area contributed by atoms with E-state index < -0.39 is 54.5 Å². The maximum atomic E-state index is 11.6. The van der Waals surface area contributed by atoms with Gasteiger partial charge in [0.1, 0.15) is 18.8 Å². The van der Waals surface area contributed by atoms with Crippen LogP contribution in [0.1, 0.15) is 34.6 Å². The fourth-order valence-electron chi connectivity index (χ4n) is 2.60. The van der Waals surface area contributed by atoms with Crippen LogP contribution in [0.2, 0.25) is 0 Å². The quantitative estimate of drug-likeness (QED) is 0.470. The molecule has 0 aromatic heterocycles. The van der Waals surface area contributed by atoms with Crippen molar-refractivity contribution in [1.29, 1.82) is 0 Å². The molecule has 26 heavy (non-hydrogen) atoms. The summed E-state index contributed by atoms with van der Waals surface area (Å²) in [5.41, 5.74) is 0. The Labute approximate surface area is 151 Å². The lowest BCUT2D eigenvalue weighted by Crippen LogP contribution is -2.66. The molecule has 1 aliphatic heterocycles. The van der Waals surface area contributed by atoms with Gasteiger partial charge in [-0.1, -0.05) is 0 Å². The van der Waals surface area contributed by atoms with E-state index in [2.05, 4.69) is 5.32 Å². The van der Waals surface area contributed by atoms with Gasteiger partial charge in [0, 0.05) is 34.3 Å². The van der Waals surface area contributed by atoms with E-state index in [9.17, 15) is 19.2 Å². The third-order valence-corrected chi connectivity index (χ3v) is 3.40.